The Kier molecular flexibility index (Phi) is 6.15. The van der Waals surface area contributed by atoms with E-state index in [4.69, 9.17) is 15.2 Å². The number of nitrogen functional groups attached to an aromatic ring is 1. The van der Waals surface area contributed by atoms with Crippen LogP contribution in [0.4, 0.5) is 5.69 Å². The van der Waals surface area contributed by atoms with Gasteiger partial charge >= 0.3 is 0 Å². The molecule has 2 N–H and O–H groups in total. The highest BCUT2D eigenvalue weighted by Gasteiger charge is 2.15. The molecule has 1 aliphatic heterocycles. The van der Waals surface area contributed by atoms with Crippen LogP contribution in [0.5, 0.6) is 5.75 Å². The van der Waals surface area contributed by atoms with E-state index in [1.165, 1.54) is 19.3 Å². The Labute approximate surface area is 121 Å². The first-order valence-corrected chi connectivity index (χ1v) is 7.52. The zero-order valence-corrected chi connectivity index (χ0v) is 12.4. The van der Waals surface area contributed by atoms with Crippen molar-refractivity contribution in [2.75, 3.05) is 39.1 Å². The van der Waals surface area contributed by atoms with Crippen molar-refractivity contribution in [3.8, 4) is 5.75 Å². The number of rotatable bonds is 7. The molecule has 2 rings (SSSR count). The summed E-state index contributed by atoms with van der Waals surface area (Å²) in [5.41, 5.74) is 6.40. The smallest absolute Gasteiger partial charge is 0.119 e. The Morgan fingerprint density at radius 1 is 1.30 bits per heavy atom. The van der Waals surface area contributed by atoms with Crippen LogP contribution < -0.4 is 10.5 Å². The third-order valence-electron chi connectivity index (χ3n) is 3.62. The van der Waals surface area contributed by atoms with Gasteiger partial charge in [-0.3, -0.25) is 0 Å². The van der Waals surface area contributed by atoms with E-state index in [0.29, 0.717) is 6.10 Å². The average Bonchev–Trinajstić information content (AvgIpc) is 2.46. The third kappa shape index (κ3) is 5.39. The molecule has 0 radical (unpaired) electrons. The lowest BCUT2D eigenvalue weighted by molar-refractivity contribution is -0.00193. The van der Waals surface area contributed by atoms with Gasteiger partial charge in [-0.25, -0.2) is 0 Å². The van der Waals surface area contributed by atoms with Crippen LogP contribution in [0.15, 0.2) is 24.3 Å². The lowest BCUT2D eigenvalue weighted by Gasteiger charge is -2.27. The first-order valence-electron chi connectivity index (χ1n) is 7.52. The van der Waals surface area contributed by atoms with Crippen molar-refractivity contribution < 1.29 is 9.47 Å². The van der Waals surface area contributed by atoms with Gasteiger partial charge in [-0.05, 0) is 57.0 Å². The zero-order valence-electron chi connectivity index (χ0n) is 12.4. The highest BCUT2D eigenvalue weighted by molar-refractivity contribution is 5.41. The summed E-state index contributed by atoms with van der Waals surface area (Å²) < 4.78 is 11.4. The van der Waals surface area contributed by atoms with Crippen LogP contribution in [0.3, 0.4) is 0 Å². The summed E-state index contributed by atoms with van der Waals surface area (Å²) in [6, 6.07) is 7.55. The maximum absolute atomic E-state index is 5.75. The molecule has 1 atom stereocenters. The SMILES string of the molecule is CN(CCCOc1ccc(N)cc1)CC1CCCCO1. The molecule has 4 nitrogen and oxygen atoms in total. The van der Waals surface area contributed by atoms with Gasteiger partial charge in [0.2, 0.25) is 0 Å². The minimum atomic E-state index is 0.423. The number of nitrogens with two attached hydrogens (primary N) is 1. The largest absolute Gasteiger partial charge is 0.494 e. The number of anilines is 1. The van der Waals surface area contributed by atoms with Gasteiger partial charge < -0.3 is 20.1 Å². The van der Waals surface area contributed by atoms with E-state index in [2.05, 4.69) is 11.9 Å². The van der Waals surface area contributed by atoms with Gasteiger partial charge in [0.25, 0.3) is 0 Å². The predicted octanol–water partition coefficient (Wildman–Crippen LogP) is 2.54. The maximum atomic E-state index is 5.75. The summed E-state index contributed by atoms with van der Waals surface area (Å²) in [6.45, 7) is 3.73. The molecule has 20 heavy (non-hydrogen) atoms. The van der Waals surface area contributed by atoms with Crippen molar-refractivity contribution in [1.82, 2.24) is 4.90 Å². The number of likely N-dealkylation sites (N-methyl/N-ethyl adjacent to an activating group) is 1. The summed E-state index contributed by atoms with van der Waals surface area (Å²) in [5.74, 6) is 0.887. The van der Waals surface area contributed by atoms with Gasteiger partial charge in [0, 0.05) is 25.4 Å². The second-order valence-corrected chi connectivity index (χ2v) is 5.52. The molecule has 1 fully saturated rings. The normalized spacial score (nSPS) is 19.2. The molecule has 4 heteroatoms. The van der Waals surface area contributed by atoms with Crippen LogP contribution in [0.25, 0.3) is 0 Å². The molecule has 1 aromatic rings. The molecular weight excluding hydrogens is 252 g/mol. The molecule has 1 aromatic carbocycles. The molecule has 0 aromatic heterocycles. The minimum Gasteiger partial charge on any atom is -0.494 e. The van der Waals surface area contributed by atoms with Crippen molar-refractivity contribution >= 4 is 5.69 Å². The van der Waals surface area contributed by atoms with Crippen LogP contribution >= 0.6 is 0 Å². The second-order valence-electron chi connectivity index (χ2n) is 5.52. The molecule has 0 spiro atoms. The Bertz CT molecular complexity index is 375. The Morgan fingerprint density at radius 3 is 2.80 bits per heavy atom. The highest BCUT2D eigenvalue weighted by Crippen LogP contribution is 2.14. The first-order chi connectivity index (χ1) is 9.74. The van der Waals surface area contributed by atoms with Crippen molar-refractivity contribution in [1.29, 1.82) is 0 Å². The molecule has 0 bridgehead atoms. The molecule has 0 aliphatic carbocycles. The van der Waals surface area contributed by atoms with E-state index >= 15 is 0 Å². The standard InChI is InChI=1S/C16H26N2O2/c1-18(13-16-5-2-3-11-20-16)10-4-12-19-15-8-6-14(17)7-9-15/h6-9,16H,2-5,10-13,17H2,1H3. The fourth-order valence-corrected chi connectivity index (χ4v) is 2.48. The molecule has 1 unspecified atom stereocenters. The fourth-order valence-electron chi connectivity index (χ4n) is 2.48. The molecule has 112 valence electrons. The molecule has 1 saturated heterocycles. The van der Waals surface area contributed by atoms with Gasteiger partial charge in [0.05, 0.1) is 12.7 Å². The van der Waals surface area contributed by atoms with Crippen molar-refractivity contribution in [3.63, 3.8) is 0 Å². The number of benzene rings is 1. The average molecular weight is 278 g/mol. The summed E-state index contributed by atoms with van der Waals surface area (Å²) >= 11 is 0. The van der Waals surface area contributed by atoms with Crippen molar-refractivity contribution in [3.05, 3.63) is 24.3 Å². The number of hydrogen-bond donors (Lipinski definition) is 1. The monoisotopic (exact) mass is 278 g/mol. The molecule has 0 amide bonds. The maximum Gasteiger partial charge on any atom is 0.119 e. The van der Waals surface area contributed by atoms with Crippen molar-refractivity contribution in [2.24, 2.45) is 0 Å². The molecule has 1 heterocycles. The number of nitrogens with zero attached hydrogens (tertiary/aromatic N) is 1. The van der Waals surface area contributed by atoms with Gasteiger partial charge in [0.15, 0.2) is 0 Å². The Hall–Kier alpha value is -1.26. The van der Waals surface area contributed by atoms with Gasteiger partial charge in [-0.1, -0.05) is 0 Å². The van der Waals surface area contributed by atoms with Crippen molar-refractivity contribution in [2.45, 2.75) is 31.8 Å². The van der Waals surface area contributed by atoms with Gasteiger partial charge in [-0.2, -0.15) is 0 Å². The lowest BCUT2D eigenvalue weighted by atomic mass is 10.1. The second kappa shape index (κ2) is 8.12. The van der Waals surface area contributed by atoms with Gasteiger partial charge in [-0.15, -0.1) is 0 Å². The molecule has 0 saturated carbocycles. The summed E-state index contributed by atoms with van der Waals surface area (Å²) in [6.07, 6.45) is 5.17. The molecule has 1 aliphatic rings. The Morgan fingerprint density at radius 2 is 2.10 bits per heavy atom. The van der Waals surface area contributed by atoms with Crippen LogP contribution in [0, 0.1) is 0 Å². The lowest BCUT2D eigenvalue weighted by Crippen LogP contribution is -2.34. The highest BCUT2D eigenvalue weighted by atomic mass is 16.5. The van der Waals surface area contributed by atoms with E-state index in [1.807, 2.05) is 24.3 Å². The van der Waals surface area contributed by atoms with Gasteiger partial charge in [0.1, 0.15) is 5.75 Å². The van der Waals surface area contributed by atoms with Crippen LogP contribution in [-0.2, 0) is 4.74 Å². The van der Waals surface area contributed by atoms with E-state index in [-0.39, 0.29) is 0 Å². The summed E-state index contributed by atoms with van der Waals surface area (Å²) in [5, 5.41) is 0. The third-order valence-corrected chi connectivity index (χ3v) is 3.62. The van der Waals surface area contributed by atoms with Crippen LogP contribution in [0.2, 0.25) is 0 Å². The topological polar surface area (TPSA) is 47.7 Å². The minimum absolute atomic E-state index is 0.423. The fraction of sp³-hybridized carbons (Fsp3) is 0.625. The molecular formula is C16H26N2O2. The summed E-state index contributed by atoms with van der Waals surface area (Å²) in [7, 11) is 2.15. The van der Waals surface area contributed by atoms with Crippen LogP contribution in [-0.4, -0.2) is 44.4 Å². The van der Waals surface area contributed by atoms with E-state index in [9.17, 15) is 0 Å². The van der Waals surface area contributed by atoms with E-state index in [1.54, 1.807) is 0 Å². The first kappa shape index (κ1) is 15.1. The van der Waals surface area contributed by atoms with E-state index in [0.717, 1.165) is 44.2 Å². The van der Waals surface area contributed by atoms with Crippen LogP contribution in [0.1, 0.15) is 25.7 Å². The Balaban J connectivity index is 1.56. The number of hydrogen-bond acceptors (Lipinski definition) is 4. The summed E-state index contributed by atoms with van der Waals surface area (Å²) in [4.78, 5) is 2.34. The van der Waals surface area contributed by atoms with E-state index < -0.39 is 0 Å². The number of ether oxygens (including phenoxy) is 2. The zero-order chi connectivity index (χ0) is 14.2. The predicted molar refractivity (Wildman–Crippen MR) is 82.1 cm³/mol. The quantitative estimate of drug-likeness (QED) is 0.615.